The Labute approximate surface area is 99.2 Å². The van der Waals surface area contributed by atoms with Crippen molar-refractivity contribution < 1.29 is 9.21 Å². The van der Waals surface area contributed by atoms with Crippen LogP contribution in [0.3, 0.4) is 0 Å². The van der Waals surface area contributed by atoms with Crippen LogP contribution in [0.15, 0.2) is 38.1 Å². The maximum Gasteiger partial charge on any atom is 0.221 e. The third-order valence-corrected chi connectivity index (χ3v) is 2.72. The normalized spacial score (nSPS) is 10.6. The molecule has 1 amide bonds. The lowest BCUT2D eigenvalue weighted by molar-refractivity contribution is -0.117. The van der Waals surface area contributed by atoms with Crippen LogP contribution in [0.25, 0.3) is 11.0 Å². The summed E-state index contributed by atoms with van der Waals surface area (Å²) in [5.74, 6) is -0.418. The molecule has 0 aliphatic heterocycles. The summed E-state index contributed by atoms with van der Waals surface area (Å²) in [6.07, 6.45) is 1.47. The van der Waals surface area contributed by atoms with E-state index in [4.69, 9.17) is 10.2 Å². The summed E-state index contributed by atoms with van der Waals surface area (Å²) >= 11 is 3.09. The molecular weight excluding hydrogens is 274 g/mol. The van der Waals surface area contributed by atoms with Gasteiger partial charge >= 0.3 is 0 Å². The molecule has 0 saturated heterocycles. The van der Waals surface area contributed by atoms with Gasteiger partial charge < -0.3 is 10.2 Å². The van der Waals surface area contributed by atoms with E-state index in [1.54, 1.807) is 18.2 Å². The molecule has 0 fully saturated rings. The Morgan fingerprint density at radius 2 is 2.19 bits per heavy atom. The molecule has 0 spiro atoms. The number of benzene rings is 1. The van der Waals surface area contributed by atoms with E-state index in [9.17, 15) is 9.59 Å². The second-order valence-electron chi connectivity index (χ2n) is 3.39. The minimum absolute atomic E-state index is 0.133. The van der Waals surface area contributed by atoms with Crippen molar-refractivity contribution in [2.75, 3.05) is 0 Å². The first-order valence-corrected chi connectivity index (χ1v) is 5.35. The Bertz CT molecular complexity index is 618. The summed E-state index contributed by atoms with van der Waals surface area (Å²) in [5.41, 5.74) is 6.13. The smallest absolute Gasteiger partial charge is 0.221 e. The zero-order valence-corrected chi connectivity index (χ0v) is 9.78. The van der Waals surface area contributed by atoms with Crippen LogP contribution in [0.5, 0.6) is 0 Å². The van der Waals surface area contributed by atoms with E-state index in [0.717, 1.165) is 5.56 Å². The summed E-state index contributed by atoms with van der Waals surface area (Å²) in [6, 6.07) is 4.97. The monoisotopic (exact) mass is 281 g/mol. The summed E-state index contributed by atoms with van der Waals surface area (Å²) in [6.45, 7) is 0. The molecule has 0 bridgehead atoms. The Kier molecular flexibility index (Phi) is 2.78. The molecule has 16 heavy (non-hydrogen) atoms. The quantitative estimate of drug-likeness (QED) is 0.908. The highest BCUT2D eigenvalue weighted by molar-refractivity contribution is 9.10. The van der Waals surface area contributed by atoms with Gasteiger partial charge in [0.15, 0.2) is 0 Å². The van der Waals surface area contributed by atoms with E-state index < -0.39 is 5.91 Å². The summed E-state index contributed by atoms with van der Waals surface area (Å²) < 4.78 is 5.62. The molecule has 1 aromatic heterocycles. The maximum atomic E-state index is 11.7. The van der Waals surface area contributed by atoms with Gasteiger partial charge in [-0.15, -0.1) is 0 Å². The summed E-state index contributed by atoms with van der Waals surface area (Å²) in [7, 11) is 0. The lowest BCUT2D eigenvalue weighted by Gasteiger charge is -2.00. The van der Waals surface area contributed by atoms with Gasteiger partial charge in [-0.3, -0.25) is 9.59 Å². The predicted molar refractivity (Wildman–Crippen MR) is 63.1 cm³/mol. The molecule has 1 heterocycles. The molecule has 4 nitrogen and oxygen atoms in total. The molecule has 0 radical (unpaired) electrons. The average molecular weight is 282 g/mol. The second-order valence-corrected chi connectivity index (χ2v) is 4.24. The molecule has 0 unspecified atom stereocenters. The zero-order valence-electron chi connectivity index (χ0n) is 8.20. The number of fused-ring (bicyclic) bond motifs is 1. The molecule has 0 aliphatic rings. The lowest BCUT2D eigenvalue weighted by Crippen LogP contribution is -2.13. The number of hydrogen-bond acceptors (Lipinski definition) is 3. The van der Waals surface area contributed by atoms with Gasteiger partial charge in [-0.2, -0.15) is 0 Å². The van der Waals surface area contributed by atoms with Crippen molar-refractivity contribution in [1.82, 2.24) is 0 Å². The number of hydrogen-bond donors (Lipinski definition) is 1. The van der Waals surface area contributed by atoms with Gasteiger partial charge in [0.25, 0.3) is 0 Å². The van der Waals surface area contributed by atoms with Crippen molar-refractivity contribution in [1.29, 1.82) is 0 Å². The number of carbonyl (C=O) groups is 1. The molecule has 0 saturated carbocycles. The first-order chi connectivity index (χ1) is 7.58. The SMILES string of the molecule is NC(=O)Cc1ccc2c(=O)c(Br)coc2c1. The Morgan fingerprint density at radius 1 is 1.44 bits per heavy atom. The van der Waals surface area contributed by atoms with Crippen LogP contribution in [0.1, 0.15) is 5.56 Å². The van der Waals surface area contributed by atoms with Crippen LogP contribution in [0, 0.1) is 0 Å². The van der Waals surface area contributed by atoms with Gasteiger partial charge in [0.05, 0.1) is 11.8 Å². The minimum Gasteiger partial charge on any atom is -0.463 e. The van der Waals surface area contributed by atoms with Gasteiger partial charge in [0, 0.05) is 0 Å². The predicted octanol–water partition coefficient (Wildman–Crippen LogP) is 1.58. The van der Waals surface area contributed by atoms with Crippen LogP contribution in [-0.4, -0.2) is 5.91 Å². The highest BCUT2D eigenvalue weighted by Crippen LogP contribution is 2.16. The van der Waals surface area contributed by atoms with Crippen molar-refractivity contribution in [3.63, 3.8) is 0 Å². The van der Waals surface area contributed by atoms with Gasteiger partial charge in [-0.1, -0.05) is 6.07 Å². The van der Waals surface area contributed by atoms with E-state index in [1.165, 1.54) is 6.26 Å². The molecule has 2 aromatic rings. The second kappa shape index (κ2) is 4.09. The fraction of sp³-hybridized carbons (Fsp3) is 0.0909. The zero-order chi connectivity index (χ0) is 11.7. The van der Waals surface area contributed by atoms with E-state index in [1.807, 2.05) is 0 Å². The Balaban J connectivity index is 2.60. The molecule has 2 N–H and O–H groups in total. The van der Waals surface area contributed by atoms with Crippen molar-refractivity contribution in [3.05, 3.63) is 44.7 Å². The van der Waals surface area contributed by atoms with E-state index in [-0.39, 0.29) is 11.8 Å². The van der Waals surface area contributed by atoms with E-state index >= 15 is 0 Å². The van der Waals surface area contributed by atoms with Gasteiger partial charge in [-0.25, -0.2) is 0 Å². The van der Waals surface area contributed by atoms with Crippen LogP contribution >= 0.6 is 15.9 Å². The largest absolute Gasteiger partial charge is 0.463 e. The molecule has 5 heteroatoms. The minimum atomic E-state index is -0.418. The molecule has 82 valence electrons. The van der Waals surface area contributed by atoms with Gasteiger partial charge in [0.2, 0.25) is 11.3 Å². The van der Waals surface area contributed by atoms with Gasteiger partial charge in [0.1, 0.15) is 16.3 Å². The fourth-order valence-electron chi connectivity index (χ4n) is 1.46. The average Bonchev–Trinajstić information content (AvgIpc) is 2.23. The fourth-order valence-corrected chi connectivity index (χ4v) is 1.77. The van der Waals surface area contributed by atoms with Crippen LogP contribution in [-0.2, 0) is 11.2 Å². The molecule has 0 atom stereocenters. The molecule has 1 aromatic carbocycles. The molecule has 0 aliphatic carbocycles. The number of carbonyl (C=O) groups excluding carboxylic acids is 1. The Morgan fingerprint density at radius 3 is 2.88 bits per heavy atom. The highest BCUT2D eigenvalue weighted by Gasteiger charge is 2.06. The first kappa shape index (κ1) is 10.9. The highest BCUT2D eigenvalue weighted by atomic mass is 79.9. The van der Waals surface area contributed by atoms with Gasteiger partial charge in [-0.05, 0) is 33.6 Å². The van der Waals surface area contributed by atoms with Crippen molar-refractivity contribution in [2.45, 2.75) is 6.42 Å². The third-order valence-electron chi connectivity index (χ3n) is 2.18. The van der Waals surface area contributed by atoms with Crippen LogP contribution in [0.2, 0.25) is 0 Å². The van der Waals surface area contributed by atoms with Crippen molar-refractivity contribution in [2.24, 2.45) is 5.73 Å². The first-order valence-electron chi connectivity index (χ1n) is 4.56. The van der Waals surface area contributed by atoms with Crippen LogP contribution in [0.4, 0.5) is 0 Å². The number of halogens is 1. The maximum absolute atomic E-state index is 11.7. The lowest BCUT2D eigenvalue weighted by atomic mass is 10.1. The summed E-state index contributed by atoms with van der Waals surface area (Å²) in [5, 5.41) is 0.475. The van der Waals surface area contributed by atoms with Crippen molar-refractivity contribution >= 4 is 32.8 Å². The number of primary amides is 1. The summed E-state index contributed by atoms with van der Waals surface area (Å²) in [4.78, 5) is 22.4. The number of nitrogens with two attached hydrogens (primary N) is 1. The third kappa shape index (κ3) is 1.99. The Hall–Kier alpha value is -1.62. The molecular formula is C11H8BrNO3. The topological polar surface area (TPSA) is 73.3 Å². The molecule has 2 rings (SSSR count). The van der Waals surface area contributed by atoms with Crippen molar-refractivity contribution in [3.8, 4) is 0 Å². The standard InChI is InChI=1S/C11H8BrNO3/c12-8-5-16-9-3-6(4-10(13)14)1-2-7(9)11(8)15/h1-3,5H,4H2,(H2,13,14). The number of amides is 1. The van der Waals surface area contributed by atoms with E-state index in [2.05, 4.69) is 15.9 Å². The van der Waals surface area contributed by atoms with Crippen LogP contribution < -0.4 is 11.2 Å². The number of rotatable bonds is 2. The van der Waals surface area contributed by atoms with E-state index in [0.29, 0.717) is 15.4 Å².